The number of anilines is 2. The molecule has 4 saturated heterocycles. The van der Waals surface area contributed by atoms with Crippen LogP contribution in [0.25, 0.3) is 0 Å². The number of alkyl halides is 18. The van der Waals surface area contributed by atoms with Crippen molar-refractivity contribution in [2.45, 2.75) is 70.2 Å². The zero-order valence-corrected chi connectivity index (χ0v) is 36.3. The average molecular weight is 1070 g/mol. The number of carbonyl (C=O) groups is 1. The highest BCUT2D eigenvalue weighted by atomic mass is 19.4. The van der Waals surface area contributed by atoms with E-state index >= 15 is 0 Å². The SMILES string of the molecule is C.FC(F)(F)Oc1cc(N2CCOCC2)ccc1CN1CCNCC1.O=C(OC(C(F)(F)F)C(F)(F)F)N1CCN(Cc2ccc(N3CCOCC3)cc2OC(F)(F)F)CC1.OC(C(F)(F)F)C(F)(F)F. The standard InChI is InChI=1S/C20H22F9N3O4.C16H22F3N3O2.C3H2F6O.CH4/c21-18(22,23)16(19(24,25)26)35-17(33)32-5-3-30(4-6-32)12-13-1-2-14(31-7-9-34-10-8-31)11-15(13)36-20(27,28)29;17-16(18,19)24-15-11-14(22-7-9-23-10-8-22)2-1-13(15)12-21-5-3-20-4-6-21;4-2(5,6)1(10)3(7,8)9;/h1-2,11,16H,3-10,12H2;1-2,11,20H,3-10,12H2;1,10H;1H4. The molecule has 4 fully saturated rings. The second kappa shape index (κ2) is 25.4. The van der Waals surface area contributed by atoms with Gasteiger partial charge in [0, 0.05) is 126 Å². The van der Waals surface area contributed by atoms with Gasteiger partial charge in [-0.15, -0.1) is 26.3 Å². The Morgan fingerprint density at radius 3 is 1.24 bits per heavy atom. The van der Waals surface area contributed by atoms with Crippen LogP contribution in [0.2, 0.25) is 0 Å². The van der Waals surface area contributed by atoms with Crippen LogP contribution < -0.4 is 24.6 Å². The number of piperazine rings is 2. The topological polar surface area (TPSA) is 112 Å². The van der Waals surface area contributed by atoms with Crippen molar-refractivity contribution in [3.8, 4) is 11.5 Å². The molecule has 0 aromatic heterocycles. The average Bonchev–Trinajstić information content (AvgIpc) is 3.25. The van der Waals surface area contributed by atoms with Crippen LogP contribution in [-0.4, -0.2) is 181 Å². The molecule has 0 spiro atoms. The van der Waals surface area contributed by atoms with E-state index in [0.29, 0.717) is 75.3 Å². The molecule has 2 N–H and O–H groups in total. The van der Waals surface area contributed by atoms with Crippen LogP contribution in [0.5, 0.6) is 11.5 Å². The van der Waals surface area contributed by atoms with Gasteiger partial charge in [0.25, 0.3) is 6.10 Å². The third kappa shape index (κ3) is 20.4. The highest BCUT2D eigenvalue weighted by Gasteiger charge is 2.60. The van der Waals surface area contributed by atoms with E-state index in [9.17, 15) is 83.8 Å². The summed E-state index contributed by atoms with van der Waals surface area (Å²) in [5, 5.41) is 10.7. The predicted octanol–water partition coefficient (Wildman–Crippen LogP) is 8.10. The Hall–Kier alpha value is -4.59. The normalized spacial score (nSPS) is 18.2. The summed E-state index contributed by atoms with van der Waals surface area (Å²) in [6.45, 7) is 7.36. The number of nitrogens with zero attached hydrogens (tertiary/aromatic N) is 5. The second-order valence-electron chi connectivity index (χ2n) is 15.5. The number of amides is 1. The van der Waals surface area contributed by atoms with E-state index in [1.165, 1.54) is 18.2 Å². The first-order valence-corrected chi connectivity index (χ1v) is 20.8. The van der Waals surface area contributed by atoms with E-state index in [4.69, 9.17) is 14.6 Å². The van der Waals surface area contributed by atoms with E-state index in [1.54, 1.807) is 17.0 Å². The van der Waals surface area contributed by atoms with Gasteiger partial charge in [0.05, 0.1) is 26.4 Å². The van der Waals surface area contributed by atoms with Crippen LogP contribution in [0.4, 0.5) is 95.2 Å². The summed E-state index contributed by atoms with van der Waals surface area (Å²) in [5.41, 5.74) is 1.96. The zero-order chi connectivity index (χ0) is 52.3. The molecule has 71 heavy (non-hydrogen) atoms. The number of morpholine rings is 2. The summed E-state index contributed by atoms with van der Waals surface area (Å²) in [6.07, 6.45) is -42.9. The van der Waals surface area contributed by atoms with Crippen molar-refractivity contribution in [3.05, 3.63) is 47.5 Å². The second-order valence-corrected chi connectivity index (χ2v) is 15.5. The number of hydrogen-bond acceptors (Lipinski definition) is 12. The van der Waals surface area contributed by atoms with Crippen LogP contribution in [0.3, 0.4) is 0 Å². The molecule has 0 bridgehead atoms. The number of benzene rings is 2. The van der Waals surface area contributed by atoms with Crippen molar-refractivity contribution < 1.29 is 113 Å². The minimum absolute atomic E-state index is 0. The highest BCUT2D eigenvalue weighted by molar-refractivity contribution is 5.68. The molecule has 4 aliphatic heterocycles. The van der Waals surface area contributed by atoms with Crippen molar-refractivity contribution in [3.63, 3.8) is 0 Å². The van der Waals surface area contributed by atoms with Crippen molar-refractivity contribution in [2.75, 3.05) is 115 Å². The smallest absolute Gasteiger partial charge is 0.426 e. The third-order valence-corrected chi connectivity index (χ3v) is 10.4. The van der Waals surface area contributed by atoms with Gasteiger partial charge in [0.2, 0.25) is 6.10 Å². The third-order valence-electron chi connectivity index (χ3n) is 10.4. The fourth-order valence-corrected chi connectivity index (χ4v) is 6.94. The Bertz CT molecular complexity index is 1900. The lowest BCUT2D eigenvalue weighted by Gasteiger charge is -2.35. The predicted molar refractivity (Wildman–Crippen MR) is 215 cm³/mol. The maximum Gasteiger partial charge on any atom is 0.573 e. The molecular formula is C40H50F18N6O7. The molecule has 1 amide bonds. The molecule has 0 saturated carbocycles. The molecule has 0 atom stereocenters. The molecular weight excluding hydrogens is 1020 g/mol. The minimum atomic E-state index is -5.84. The van der Waals surface area contributed by atoms with E-state index < -0.39 is 61.5 Å². The molecule has 13 nitrogen and oxygen atoms in total. The maximum absolute atomic E-state index is 13.0. The minimum Gasteiger partial charge on any atom is -0.426 e. The molecule has 0 unspecified atom stereocenters. The molecule has 4 heterocycles. The van der Waals surface area contributed by atoms with E-state index in [1.807, 2.05) is 15.9 Å². The first-order valence-electron chi connectivity index (χ1n) is 20.8. The molecule has 31 heteroatoms. The lowest BCUT2D eigenvalue weighted by atomic mass is 10.1. The number of ether oxygens (including phenoxy) is 5. The van der Waals surface area contributed by atoms with Gasteiger partial charge in [0.1, 0.15) is 11.5 Å². The van der Waals surface area contributed by atoms with Crippen molar-refractivity contribution in [1.82, 2.24) is 20.0 Å². The van der Waals surface area contributed by atoms with Gasteiger partial charge in [-0.25, -0.2) is 4.79 Å². The van der Waals surface area contributed by atoms with E-state index in [0.717, 1.165) is 31.9 Å². The molecule has 0 aliphatic carbocycles. The number of nitrogens with one attached hydrogen (secondary N) is 1. The summed E-state index contributed by atoms with van der Waals surface area (Å²) < 4.78 is 242. The summed E-state index contributed by atoms with van der Waals surface area (Å²) in [5.74, 6) is -0.545. The molecule has 408 valence electrons. The largest absolute Gasteiger partial charge is 0.573 e. The summed E-state index contributed by atoms with van der Waals surface area (Å²) in [4.78, 5) is 20.1. The number of rotatable bonds is 9. The Morgan fingerprint density at radius 1 is 0.549 bits per heavy atom. The monoisotopic (exact) mass is 1070 g/mol. The van der Waals surface area contributed by atoms with Crippen molar-refractivity contribution in [1.29, 1.82) is 0 Å². The Kier molecular flexibility index (Phi) is 21.7. The number of aliphatic hydroxyl groups is 1. The van der Waals surface area contributed by atoms with Gasteiger partial charge >= 0.3 is 43.5 Å². The molecule has 4 aliphatic rings. The van der Waals surface area contributed by atoms with Gasteiger partial charge in [-0.1, -0.05) is 19.6 Å². The van der Waals surface area contributed by atoms with E-state index in [-0.39, 0.29) is 51.5 Å². The van der Waals surface area contributed by atoms with Crippen LogP contribution in [0.1, 0.15) is 18.6 Å². The zero-order valence-electron chi connectivity index (χ0n) is 36.3. The fourth-order valence-electron chi connectivity index (χ4n) is 6.94. The molecule has 2 aromatic rings. The summed E-state index contributed by atoms with van der Waals surface area (Å²) in [7, 11) is 0. The first-order chi connectivity index (χ1) is 32.3. The van der Waals surface area contributed by atoms with Crippen LogP contribution in [0, 0.1) is 0 Å². The van der Waals surface area contributed by atoms with Gasteiger partial charge in [-0.2, -0.15) is 52.7 Å². The number of halogens is 18. The van der Waals surface area contributed by atoms with E-state index in [2.05, 4.69) is 24.4 Å². The van der Waals surface area contributed by atoms with Gasteiger partial charge < -0.3 is 48.8 Å². The maximum atomic E-state index is 13.0. The Labute approximate surface area is 394 Å². The number of aliphatic hydroxyl groups excluding tert-OH is 1. The first kappa shape index (κ1) is 60.7. The Balaban J connectivity index is 0.000000326. The lowest BCUT2D eigenvalue weighted by molar-refractivity contribution is -0.309. The summed E-state index contributed by atoms with van der Waals surface area (Å²) in [6, 6.07) is 9.42. The van der Waals surface area contributed by atoms with Crippen molar-refractivity contribution in [2.24, 2.45) is 0 Å². The van der Waals surface area contributed by atoms with Gasteiger partial charge in [0.15, 0.2) is 0 Å². The van der Waals surface area contributed by atoms with Crippen LogP contribution in [0.15, 0.2) is 36.4 Å². The number of hydrogen-bond donors (Lipinski definition) is 2. The molecule has 6 rings (SSSR count). The van der Waals surface area contributed by atoms with Gasteiger partial charge in [-0.3, -0.25) is 9.80 Å². The van der Waals surface area contributed by atoms with Gasteiger partial charge in [-0.05, 0) is 12.1 Å². The van der Waals surface area contributed by atoms with Crippen LogP contribution in [-0.2, 0) is 27.3 Å². The lowest BCUT2D eigenvalue weighted by Crippen LogP contribution is -2.52. The van der Waals surface area contributed by atoms with Crippen molar-refractivity contribution >= 4 is 17.5 Å². The summed E-state index contributed by atoms with van der Waals surface area (Å²) >= 11 is 0. The Morgan fingerprint density at radius 2 is 0.915 bits per heavy atom. The quantitative estimate of drug-likeness (QED) is 0.237. The molecule has 0 radical (unpaired) electrons. The number of carbonyl (C=O) groups excluding carboxylic acids is 1. The van der Waals surface area contributed by atoms with Crippen LogP contribution >= 0.6 is 0 Å². The molecule has 2 aromatic carbocycles. The highest BCUT2D eigenvalue weighted by Crippen LogP contribution is 2.38. The fraction of sp³-hybridized carbons (Fsp3) is 0.675.